The third kappa shape index (κ3) is 3.98. The number of ether oxygens (including phenoxy) is 1. The number of oxazole rings is 1. The van der Waals surface area contributed by atoms with Crippen molar-refractivity contribution in [2.24, 2.45) is 10.7 Å². The fourth-order valence-corrected chi connectivity index (χ4v) is 2.25. The molecule has 1 aromatic carbocycles. The largest absolute Gasteiger partial charge is 0.443 e. The van der Waals surface area contributed by atoms with Crippen molar-refractivity contribution in [3.63, 3.8) is 0 Å². The Bertz CT molecular complexity index is 609. The monoisotopic (exact) mass is 414 g/mol. The third-order valence-electron chi connectivity index (χ3n) is 3.40. The maximum Gasteiger partial charge on any atom is 0.191 e. The van der Waals surface area contributed by atoms with Gasteiger partial charge in [0.05, 0.1) is 19.8 Å². The SMILES string of the molecule is I.NC(=NCc1ncoc1-c1ccccc1)N1CCOCC1. The predicted molar refractivity (Wildman–Crippen MR) is 95.1 cm³/mol. The lowest BCUT2D eigenvalue weighted by atomic mass is 10.1. The lowest BCUT2D eigenvalue weighted by Gasteiger charge is -2.27. The molecule has 1 fully saturated rings. The molecule has 0 atom stereocenters. The van der Waals surface area contributed by atoms with Crippen LogP contribution >= 0.6 is 24.0 Å². The van der Waals surface area contributed by atoms with E-state index < -0.39 is 0 Å². The summed E-state index contributed by atoms with van der Waals surface area (Å²) in [6, 6.07) is 9.87. The maximum atomic E-state index is 6.02. The molecule has 0 spiro atoms. The molecule has 0 bridgehead atoms. The average molecular weight is 414 g/mol. The molecule has 0 radical (unpaired) electrons. The maximum absolute atomic E-state index is 6.02. The van der Waals surface area contributed by atoms with Crippen molar-refractivity contribution < 1.29 is 9.15 Å². The Labute approximate surface area is 146 Å². The summed E-state index contributed by atoms with van der Waals surface area (Å²) in [5, 5.41) is 0. The van der Waals surface area contributed by atoms with Crippen molar-refractivity contribution >= 4 is 29.9 Å². The van der Waals surface area contributed by atoms with Gasteiger partial charge in [-0.25, -0.2) is 9.98 Å². The van der Waals surface area contributed by atoms with Crippen LogP contribution in [-0.4, -0.2) is 42.1 Å². The number of aromatic nitrogens is 1. The fourth-order valence-electron chi connectivity index (χ4n) is 2.25. The Morgan fingerprint density at radius 1 is 1.23 bits per heavy atom. The summed E-state index contributed by atoms with van der Waals surface area (Å²) in [7, 11) is 0. The molecule has 0 aliphatic carbocycles. The molecule has 3 rings (SSSR count). The summed E-state index contributed by atoms with van der Waals surface area (Å²) in [6.07, 6.45) is 1.44. The summed E-state index contributed by atoms with van der Waals surface area (Å²) < 4.78 is 10.8. The number of benzene rings is 1. The summed E-state index contributed by atoms with van der Waals surface area (Å²) in [5.74, 6) is 1.27. The summed E-state index contributed by atoms with van der Waals surface area (Å²) >= 11 is 0. The molecule has 118 valence electrons. The Morgan fingerprint density at radius 2 is 1.95 bits per heavy atom. The standard InChI is InChI=1S/C15H18N4O2.HI/c16-15(19-6-8-20-9-7-19)17-10-13-14(21-11-18-13)12-4-2-1-3-5-12;/h1-5,11H,6-10H2,(H2,16,17);1H. The molecule has 22 heavy (non-hydrogen) atoms. The molecule has 0 amide bonds. The van der Waals surface area contributed by atoms with Crippen molar-refractivity contribution in [2.75, 3.05) is 26.3 Å². The van der Waals surface area contributed by atoms with Crippen LogP contribution in [-0.2, 0) is 11.3 Å². The number of nitrogens with two attached hydrogens (primary N) is 1. The molecular weight excluding hydrogens is 395 g/mol. The predicted octanol–water partition coefficient (Wildman–Crippen LogP) is 2.11. The summed E-state index contributed by atoms with van der Waals surface area (Å²) in [5.41, 5.74) is 7.80. The minimum atomic E-state index is 0. The average Bonchev–Trinajstić information content (AvgIpc) is 3.03. The van der Waals surface area contributed by atoms with Gasteiger partial charge < -0.3 is 19.8 Å². The van der Waals surface area contributed by atoms with Gasteiger partial charge in [0.15, 0.2) is 18.1 Å². The lowest BCUT2D eigenvalue weighted by Crippen LogP contribution is -2.44. The first-order valence-electron chi connectivity index (χ1n) is 6.95. The Balaban J connectivity index is 0.00000176. The first-order chi connectivity index (χ1) is 10.3. The molecule has 7 heteroatoms. The Kier molecular flexibility index (Phi) is 6.20. The van der Waals surface area contributed by atoms with Crippen LogP contribution in [0, 0.1) is 0 Å². The summed E-state index contributed by atoms with van der Waals surface area (Å²) in [6.45, 7) is 3.34. The Hall–Kier alpha value is -1.61. The number of rotatable bonds is 3. The van der Waals surface area contributed by atoms with Crippen LogP contribution in [0.1, 0.15) is 5.69 Å². The molecule has 1 aliphatic heterocycles. The summed E-state index contributed by atoms with van der Waals surface area (Å²) in [4.78, 5) is 10.7. The molecule has 0 unspecified atom stereocenters. The highest BCUT2D eigenvalue weighted by atomic mass is 127. The zero-order valence-corrected chi connectivity index (χ0v) is 14.5. The van der Waals surface area contributed by atoms with E-state index in [1.807, 2.05) is 35.2 Å². The number of morpholine rings is 1. The lowest BCUT2D eigenvalue weighted by molar-refractivity contribution is 0.0674. The van der Waals surface area contributed by atoms with Gasteiger partial charge in [0.2, 0.25) is 0 Å². The molecule has 2 N–H and O–H groups in total. The number of nitrogens with zero attached hydrogens (tertiary/aromatic N) is 3. The van der Waals surface area contributed by atoms with Gasteiger partial charge in [-0.3, -0.25) is 0 Å². The molecule has 1 aliphatic rings. The highest BCUT2D eigenvalue weighted by Gasteiger charge is 2.14. The van der Waals surface area contributed by atoms with E-state index in [-0.39, 0.29) is 24.0 Å². The number of guanidine groups is 1. The smallest absolute Gasteiger partial charge is 0.191 e. The molecule has 6 nitrogen and oxygen atoms in total. The van der Waals surface area contributed by atoms with Crippen LogP contribution in [0.3, 0.4) is 0 Å². The number of hydrogen-bond donors (Lipinski definition) is 1. The molecule has 2 heterocycles. The zero-order chi connectivity index (χ0) is 14.5. The van der Waals surface area contributed by atoms with Crippen LogP contribution in [0.5, 0.6) is 0 Å². The van der Waals surface area contributed by atoms with Crippen molar-refractivity contribution in [1.82, 2.24) is 9.88 Å². The van der Waals surface area contributed by atoms with Gasteiger partial charge in [0, 0.05) is 18.7 Å². The van der Waals surface area contributed by atoms with Gasteiger partial charge in [-0.2, -0.15) is 0 Å². The Morgan fingerprint density at radius 3 is 2.68 bits per heavy atom. The van der Waals surface area contributed by atoms with Gasteiger partial charge in [-0.1, -0.05) is 30.3 Å². The first-order valence-corrected chi connectivity index (χ1v) is 6.95. The van der Waals surface area contributed by atoms with E-state index in [4.69, 9.17) is 14.9 Å². The zero-order valence-electron chi connectivity index (χ0n) is 12.1. The molecule has 1 aromatic heterocycles. The van der Waals surface area contributed by atoms with Gasteiger partial charge in [0.1, 0.15) is 5.69 Å². The normalized spacial score (nSPS) is 15.5. The van der Waals surface area contributed by atoms with Crippen LogP contribution < -0.4 is 5.73 Å². The third-order valence-corrected chi connectivity index (χ3v) is 3.40. The van der Waals surface area contributed by atoms with E-state index >= 15 is 0 Å². The highest BCUT2D eigenvalue weighted by Crippen LogP contribution is 2.23. The van der Waals surface area contributed by atoms with Gasteiger partial charge in [-0.05, 0) is 0 Å². The van der Waals surface area contributed by atoms with Crippen molar-refractivity contribution in [3.05, 3.63) is 42.4 Å². The van der Waals surface area contributed by atoms with E-state index in [2.05, 4.69) is 9.98 Å². The molecule has 2 aromatic rings. The number of aliphatic imine (C=N–C) groups is 1. The van der Waals surface area contributed by atoms with Crippen molar-refractivity contribution in [3.8, 4) is 11.3 Å². The number of halogens is 1. The highest BCUT2D eigenvalue weighted by molar-refractivity contribution is 14.0. The second kappa shape index (κ2) is 8.14. The van der Waals surface area contributed by atoms with Gasteiger partial charge in [-0.15, -0.1) is 24.0 Å². The molecular formula is C15H19IN4O2. The topological polar surface area (TPSA) is 76.9 Å². The molecule has 1 saturated heterocycles. The second-order valence-electron chi connectivity index (χ2n) is 4.77. The van der Waals surface area contributed by atoms with Crippen molar-refractivity contribution in [1.29, 1.82) is 0 Å². The van der Waals surface area contributed by atoms with Crippen LogP contribution in [0.2, 0.25) is 0 Å². The minimum Gasteiger partial charge on any atom is -0.443 e. The van der Waals surface area contributed by atoms with E-state index in [1.165, 1.54) is 6.39 Å². The second-order valence-corrected chi connectivity index (χ2v) is 4.77. The van der Waals surface area contributed by atoms with E-state index in [0.29, 0.717) is 25.7 Å². The van der Waals surface area contributed by atoms with Gasteiger partial charge in [0.25, 0.3) is 0 Å². The quantitative estimate of drug-likeness (QED) is 0.473. The van der Waals surface area contributed by atoms with E-state index in [0.717, 1.165) is 30.1 Å². The first kappa shape index (κ1) is 16.8. The van der Waals surface area contributed by atoms with E-state index in [9.17, 15) is 0 Å². The van der Waals surface area contributed by atoms with Crippen LogP contribution in [0.4, 0.5) is 0 Å². The molecule has 0 saturated carbocycles. The van der Waals surface area contributed by atoms with Crippen molar-refractivity contribution in [2.45, 2.75) is 6.54 Å². The number of hydrogen-bond acceptors (Lipinski definition) is 4. The van der Waals surface area contributed by atoms with Gasteiger partial charge >= 0.3 is 0 Å². The minimum absolute atomic E-state index is 0. The van der Waals surface area contributed by atoms with E-state index in [1.54, 1.807) is 0 Å². The van der Waals surface area contributed by atoms with Crippen LogP contribution in [0.15, 0.2) is 46.1 Å². The van der Waals surface area contributed by atoms with Crippen LogP contribution in [0.25, 0.3) is 11.3 Å². The fraction of sp³-hybridized carbons (Fsp3) is 0.333.